The number of carbonyl (C=O) groups is 1. The number of carboxylic acid groups (broad SMARTS) is 1. The Balaban J connectivity index is 2.19. The molecule has 0 amide bonds. The highest BCUT2D eigenvalue weighted by atomic mass is 16.5. The van der Waals surface area contributed by atoms with Gasteiger partial charge in [-0.2, -0.15) is 0 Å². The Morgan fingerprint density at radius 2 is 1.81 bits per heavy atom. The molecular formula is C17H17NO3. The maximum Gasteiger partial charge on any atom is 0.336 e. The molecular weight excluding hydrogens is 266 g/mol. The number of hydrogen-bond donors (Lipinski definition) is 2. The zero-order valence-electron chi connectivity index (χ0n) is 11.6. The van der Waals surface area contributed by atoms with Gasteiger partial charge in [0.25, 0.3) is 0 Å². The molecule has 1 aliphatic heterocycles. The van der Waals surface area contributed by atoms with E-state index in [0.717, 1.165) is 18.5 Å². The standard InChI is InChI=1S/C17H17NO3/c19-16(20)14-9-4-5-10-15(14)17(18-11-6-12-21-17)13-7-2-1-3-8-13/h1-5,7-10,18H,6,11-12H2,(H,19,20). The monoisotopic (exact) mass is 283 g/mol. The molecule has 1 unspecified atom stereocenters. The highest BCUT2D eigenvalue weighted by Crippen LogP contribution is 2.35. The molecule has 4 heteroatoms. The summed E-state index contributed by atoms with van der Waals surface area (Å²) in [5.41, 5.74) is 0.923. The summed E-state index contributed by atoms with van der Waals surface area (Å²) in [5.74, 6) is -0.947. The normalized spacial score (nSPS) is 21.9. The number of rotatable bonds is 3. The van der Waals surface area contributed by atoms with Crippen molar-refractivity contribution in [1.82, 2.24) is 5.32 Å². The van der Waals surface area contributed by atoms with Crippen LogP contribution in [0.1, 0.15) is 27.9 Å². The number of ether oxygens (including phenoxy) is 1. The summed E-state index contributed by atoms with van der Waals surface area (Å²) >= 11 is 0. The lowest BCUT2D eigenvalue weighted by molar-refractivity contribution is -0.0709. The minimum Gasteiger partial charge on any atom is -0.478 e. The molecule has 0 saturated carbocycles. The molecule has 0 radical (unpaired) electrons. The van der Waals surface area contributed by atoms with Gasteiger partial charge in [-0.3, -0.25) is 5.32 Å². The zero-order chi connectivity index (χ0) is 14.7. The van der Waals surface area contributed by atoms with Gasteiger partial charge in [-0.15, -0.1) is 0 Å². The molecule has 2 aromatic carbocycles. The molecule has 0 spiro atoms. The molecule has 3 rings (SSSR count). The molecule has 1 fully saturated rings. The van der Waals surface area contributed by atoms with Crippen LogP contribution in [0.4, 0.5) is 0 Å². The molecule has 1 heterocycles. The van der Waals surface area contributed by atoms with Crippen LogP contribution >= 0.6 is 0 Å². The summed E-state index contributed by atoms with van der Waals surface area (Å²) in [4.78, 5) is 11.6. The van der Waals surface area contributed by atoms with Gasteiger partial charge in [0.15, 0.2) is 5.72 Å². The Kier molecular flexibility index (Phi) is 3.73. The number of aromatic carboxylic acids is 1. The van der Waals surface area contributed by atoms with Crippen LogP contribution in [-0.2, 0) is 10.5 Å². The third kappa shape index (κ3) is 2.44. The predicted octanol–water partition coefficient (Wildman–Crippen LogP) is 2.60. The Morgan fingerprint density at radius 1 is 1.10 bits per heavy atom. The van der Waals surface area contributed by atoms with Crippen LogP contribution in [0.25, 0.3) is 0 Å². The summed E-state index contributed by atoms with van der Waals surface area (Å²) in [6.45, 7) is 1.37. The van der Waals surface area contributed by atoms with Gasteiger partial charge in [0.1, 0.15) is 0 Å². The van der Waals surface area contributed by atoms with E-state index in [9.17, 15) is 9.90 Å². The smallest absolute Gasteiger partial charge is 0.336 e. The summed E-state index contributed by atoms with van der Waals surface area (Å²) in [7, 11) is 0. The van der Waals surface area contributed by atoms with Gasteiger partial charge < -0.3 is 9.84 Å². The predicted molar refractivity (Wildman–Crippen MR) is 79.2 cm³/mol. The van der Waals surface area contributed by atoms with Crippen molar-refractivity contribution in [3.8, 4) is 0 Å². The third-order valence-electron chi connectivity index (χ3n) is 3.73. The Morgan fingerprint density at radius 3 is 2.48 bits per heavy atom. The van der Waals surface area contributed by atoms with Crippen LogP contribution in [0.2, 0.25) is 0 Å². The van der Waals surface area contributed by atoms with E-state index in [2.05, 4.69) is 5.32 Å². The quantitative estimate of drug-likeness (QED) is 0.909. The van der Waals surface area contributed by atoms with E-state index in [1.807, 2.05) is 42.5 Å². The lowest BCUT2D eigenvalue weighted by Crippen LogP contribution is -2.50. The van der Waals surface area contributed by atoms with E-state index < -0.39 is 11.7 Å². The number of nitrogens with one attached hydrogen (secondary N) is 1. The van der Waals surface area contributed by atoms with Crippen LogP contribution < -0.4 is 5.32 Å². The van der Waals surface area contributed by atoms with Gasteiger partial charge >= 0.3 is 5.97 Å². The molecule has 0 bridgehead atoms. The van der Waals surface area contributed by atoms with Crippen LogP contribution in [0.5, 0.6) is 0 Å². The van der Waals surface area contributed by atoms with Crippen LogP contribution in [0.3, 0.4) is 0 Å². The second kappa shape index (κ2) is 5.68. The topological polar surface area (TPSA) is 58.6 Å². The van der Waals surface area contributed by atoms with Gasteiger partial charge in [-0.05, 0) is 12.5 Å². The average molecular weight is 283 g/mol. The number of carboxylic acids is 1. The Labute approximate surface area is 123 Å². The van der Waals surface area contributed by atoms with E-state index in [1.54, 1.807) is 12.1 Å². The molecule has 2 aromatic rings. The highest BCUT2D eigenvalue weighted by molar-refractivity contribution is 5.90. The van der Waals surface area contributed by atoms with E-state index in [1.165, 1.54) is 0 Å². The number of benzene rings is 2. The summed E-state index contributed by atoms with van der Waals surface area (Å²) in [6.07, 6.45) is 0.907. The van der Waals surface area contributed by atoms with Crippen LogP contribution in [0.15, 0.2) is 54.6 Å². The summed E-state index contributed by atoms with van der Waals surface area (Å²) < 4.78 is 6.05. The lowest BCUT2D eigenvalue weighted by Gasteiger charge is -2.39. The van der Waals surface area contributed by atoms with Crippen molar-refractivity contribution in [2.45, 2.75) is 12.1 Å². The van der Waals surface area contributed by atoms with E-state index in [4.69, 9.17) is 4.74 Å². The van der Waals surface area contributed by atoms with Crippen molar-refractivity contribution in [3.05, 3.63) is 71.3 Å². The van der Waals surface area contributed by atoms with Crippen molar-refractivity contribution < 1.29 is 14.6 Å². The maximum absolute atomic E-state index is 11.6. The van der Waals surface area contributed by atoms with Crippen LogP contribution in [0, 0.1) is 0 Å². The fourth-order valence-electron chi connectivity index (χ4n) is 2.78. The molecule has 2 N–H and O–H groups in total. The van der Waals surface area contributed by atoms with Crippen molar-refractivity contribution in [2.75, 3.05) is 13.2 Å². The van der Waals surface area contributed by atoms with Crippen molar-refractivity contribution in [1.29, 1.82) is 0 Å². The molecule has 21 heavy (non-hydrogen) atoms. The first kappa shape index (κ1) is 13.8. The molecule has 0 aromatic heterocycles. The van der Waals surface area contributed by atoms with Gasteiger partial charge in [0.2, 0.25) is 0 Å². The third-order valence-corrected chi connectivity index (χ3v) is 3.73. The summed E-state index contributed by atoms with van der Waals surface area (Å²) in [6, 6.07) is 16.7. The fraction of sp³-hybridized carbons (Fsp3) is 0.235. The largest absolute Gasteiger partial charge is 0.478 e. The van der Waals surface area contributed by atoms with Gasteiger partial charge in [0.05, 0.1) is 12.2 Å². The second-order valence-corrected chi connectivity index (χ2v) is 5.03. The number of hydrogen-bond acceptors (Lipinski definition) is 3. The minimum absolute atomic E-state index is 0.260. The van der Waals surface area contributed by atoms with E-state index >= 15 is 0 Å². The lowest BCUT2D eigenvalue weighted by atomic mass is 9.89. The molecule has 1 atom stereocenters. The Bertz CT molecular complexity index is 633. The molecule has 4 nitrogen and oxygen atoms in total. The molecule has 1 aliphatic rings. The molecule has 1 saturated heterocycles. The van der Waals surface area contributed by atoms with Gasteiger partial charge in [0, 0.05) is 17.7 Å². The van der Waals surface area contributed by atoms with Crippen molar-refractivity contribution in [2.24, 2.45) is 0 Å². The second-order valence-electron chi connectivity index (χ2n) is 5.03. The Hall–Kier alpha value is -2.17. The fourth-order valence-corrected chi connectivity index (χ4v) is 2.78. The van der Waals surface area contributed by atoms with Crippen molar-refractivity contribution >= 4 is 5.97 Å². The maximum atomic E-state index is 11.6. The average Bonchev–Trinajstić information content (AvgIpc) is 2.56. The van der Waals surface area contributed by atoms with E-state index in [-0.39, 0.29) is 5.56 Å². The van der Waals surface area contributed by atoms with E-state index in [0.29, 0.717) is 12.2 Å². The van der Waals surface area contributed by atoms with Crippen LogP contribution in [-0.4, -0.2) is 24.2 Å². The van der Waals surface area contributed by atoms with Gasteiger partial charge in [-0.1, -0.05) is 48.5 Å². The molecule has 108 valence electrons. The molecule has 0 aliphatic carbocycles. The first-order valence-electron chi connectivity index (χ1n) is 7.01. The highest BCUT2D eigenvalue weighted by Gasteiger charge is 2.39. The summed E-state index contributed by atoms with van der Waals surface area (Å²) in [5, 5.41) is 12.8. The first-order valence-corrected chi connectivity index (χ1v) is 7.01. The SMILES string of the molecule is O=C(O)c1ccccc1C1(c2ccccc2)NCCCO1. The van der Waals surface area contributed by atoms with Gasteiger partial charge in [-0.25, -0.2) is 4.79 Å². The minimum atomic E-state index is -0.947. The van der Waals surface area contributed by atoms with Crippen molar-refractivity contribution in [3.63, 3.8) is 0 Å². The zero-order valence-corrected chi connectivity index (χ0v) is 11.6. The first-order chi connectivity index (χ1) is 10.2.